The molecule has 1 amide bonds. The fourth-order valence-electron chi connectivity index (χ4n) is 1.87. The Morgan fingerprint density at radius 2 is 1.91 bits per heavy atom. The lowest BCUT2D eigenvalue weighted by Gasteiger charge is -2.19. The quantitative estimate of drug-likeness (QED) is 0.644. The van der Waals surface area contributed by atoms with Crippen LogP contribution in [0.2, 0.25) is 0 Å². The second-order valence-corrected chi connectivity index (χ2v) is 6.38. The lowest BCUT2D eigenvalue weighted by atomic mass is 10.0. The number of alkyl carbamates (subject to hydrolysis) is 1. The van der Waals surface area contributed by atoms with Crippen LogP contribution in [0.5, 0.6) is 0 Å². The Kier molecular flexibility index (Phi) is 11.4. The van der Waals surface area contributed by atoms with Gasteiger partial charge >= 0.3 is 12.1 Å². The standard InChI is InChI=1S/C12H23NO4.C4H9NO/c1-5-9(10(14)15)7-6-8-13-11(16)17-12(2,3)4;1-3-6-4-2-5-1/h9H,5-8H2,1-4H3,(H,13,16)(H,14,15);5H,1-4H2. The Morgan fingerprint density at radius 1 is 1.30 bits per heavy atom. The highest BCUT2D eigenvalue weighted by molar-refractivity contribution is 5.70. The minimum Gasteiger partial charge on any atom is -0.481 e. The van der Waals surface area contributed by atoms with E-state index in [0.717, 1.165) is 26.3 Å². The lowest BCUT2D eigenvalue weighted by molar-refractivity contribution is -0.142. The van der Waals surface area contributed by atoms with E-state index < -0.39 is 17.7 Å². The highest BCUT2D eigenvalue weighted by Crippen LogP contribution is 2.10. The third kappa shape index (κ3) is 14.0. The van der Waals surface area contributed by atoms with Crippen LogP contribution < -0.4 is 10.6 Å². The van der Waals surface area contributed by atoms with Crippen molar-refractivity contribution < 1.29 is 24.2 Å². The Balaban J connectivity index is 0.000000664. The summed E-state index contributed by atoms with van der Waals surface area (Å²) >= 11 is 0. The number of hydrogen-bond donors (Lipinski definition) is 3. The molecule has 1 atom stereocenters. The predicted octanol–water partition coefficient (Wildman–Crippen LogP) is 2.01. The van der Waals surface area contributed by atoms with Gasteiger partial charge in [-0.15, -0.1) is 0 Å². The van der Waals surface area contributed by atoms with Crippen LogP contribution in [-0.4, -0.2) is 55.6 Å². The Labute approximate surface area is 139 Å². The van der Waals surface area contributed by atoms with Crippen molar-refractivity contribution >= 4 is 12.1 Å². The molecule has 7 heteroatoms. The molecule has 1 heterocycles. The van der Waals surface area contributed by atoms with Crippen molar-refractivity contribution in [2.75, 3.05) is 32.8 Å². The molecule has 0 bridgehead atoms. The first-order valence-corrected chi connectivity index (χ1v) is 8.24. The number of aliphatic carboxylic acids is 1. The van der Waals surface area contributed by atoms with E-state index in [0.29, 0.717) is 25.8 Å². The highest BCUT2D eigenvalue weighted by atomic mass is 16.6. The number of ether oxygens (including phenoxy) is 2. The summed E-state index contributed by atoms with van der Waals surface area (Å²) in [6, 6.07) is 0. The van der Waals surface area contributed by atoms with Crippen LogP contribution >= 0.6 is 0 Å². The largest absolute Gasteiger partial charge is 0.481 e. The van der Waals surface area contributed by atoms with Gasteiger partial charge in [0.05, 0.1) is 19.1 Å². The summed E-state index contributed by atoms with van der Waals surface area (Å²) in [5.41, 5.74) is -0.503. The fourth-order valence-corrected chi connectivity index (χ4v) is 1.87. The van der Waals surface area contributed by atoms with Crippen LogP contribution in [0.4, 0.5) is 4.79 Å². The molecule has 23 heavy (non-hydrogen) atoms. The van der Waals surface area contributed by atoms with E-state index in [4.69, 9.17) is 14.6 Å². The van der Waals surface area contributed by atoms with Gasteiger partial charge < -0.3 is 25.2 Å². The first-order chi connectivity index (χ1) is 10.8. The van der Waals surface area contributed by atoms with Gasteiger partial charge in [0.1, 0.15) is 5.60 Å². The van der Waals surface area contributed by atoms with E-state index in [1.807, 2.05) is 6.92 Å². The van der Waals surface area contributed by atoms with Gasteiger partial charge in [-0.3, -0.25) is 4.79 Å². The Morgan fingerprint density at radius 3 is 2.26 bits per heavy atom. The predicted molar refractivity (Wildman–Crippen MR) is 88.6 cm³/mol. The van der Waals surface area contributed by atoms with Gasteiger partial charge in [-0.2, -0.15) is 0 Å². The first kappa shape index (κ1) is 21.7. The third-order valence-electron chi connectivity index (χ3n) is 3.09. The molecule has 0 saturated carbocycles. The summed E-state index contributed by atoms with van der Waals surface area (Å²) in [7, 11) is 0. The van der Waals surface area contributed by atoms with Crippen molar-refractivity contribution in [3.8, 4) is 0 Å². The second kappa shape index (κ2) is 12.1. The molecule has 0 aromatic heterocycles. The average molecular weight is 332 g/mol. The second-order valence-electron chi connectivity index (χ2n) is 6.38. The summed E-state index contributed by atoms with van der Waals surface area (Å²) in [6.45, 7) is 11.5. The summed E-state index contributed by atoms with van der Waals surface area (Å²) in [4.78, 5) is 22.0. The zero-order valence-electron chi connectivity index (χ0n) is 14.8. The van der Waals surface area contributed by atoms with Gasteiger partial charge in [-0.05, 0) is 40.0 Å². The van der Waals surface area contributed by atoms with Gasteiger partial charge in [0.15, 0.2) is 0 Å². The van der Waals surface area contributed by atoms with Crippen LogP contribution in [0.1, 0.15) is 47.0 Å². The summed E-state index contributed by atoms with van der Waals surface area (Å²) in [5.74, 6) is -1.10. The zero-order chi connectivity index (χ0) is 17.7. The molecule has 1 rings (SSSR count). The number of amides is 1. The fraction of sp³-hybridized carbons (Fsp3) is 0.875. The molecule has 0 aliphatic carbocycles. The van der Waals surface area contributed by atoms with Crippen LogP contribution in [0.3, 0.4) is 0 Å². The van der Waals surface area contributed by atoms with E-state index in [9.17, 15) is 9.59 Å². The molecule has 0 aromatic carbocycles. The number of hydrogen-bond acceptors (Lipinski definition) is 5. The summed E-state index contributed by atoms with van der Waals surface area (Å²) in [5, 5.41) is 14.6. The zero-order valence-corrected chi connectivity index (χ0v) is 14.8. The molecule has 1 unspecified atom stereocenters. The van der Waals surface area contributed by atoms with Crippen LogP contribution in [-0.2, 0) is 14.3 Å². The molecular weight excluding hydrogens is 300 g/mol. The van der Waals surface area contributed by atoms with E-state index in [1.165, 1.54) is 0 Å². The van der Waals surface area contributed by atoms with Gasteiger partial charge in [-0.1, -0.05) is 6.92 Å². The van der Waals surface area contributed by atoms with Crippen molar-refractivity contribution in [3.63, 3.8) is 0 Å². The third-order valence-corrected chi connectivity index (χ3v) is 3.09. The molecule has 0 spiro atoms. The number of morpholine rings is 1. The van der Waals surface area contributed by atoms with Crippen LogP contribution in [0.15, 0.2) is 0 Å². The monoisotopic (exact) mass is 332 g/mol. The molecule has 0 radical (unpaired) electrons. The van der Waals surface area contributed by atoms with Crippen molar-refractivity contribution in [3.05, 3.63) is 0 Å². The van der Waals surface area contributed by atoms with Gasteiger partial charge in [0, 0.05) is 19.6 Å². The molecule has 1 aliphatic rings. The maximum atomic E-state index is 11.3. The van der Waals surface area contributed by atoms with E-state index in [1.54, 1.807) is 20.8 Å². The molecule has 3 N–H and O–H groups in total. The number of carboxylic acids is 1. The van der Waals surface area contributed by atoms with E-state index in [-0.39, 0.29) is 5.92 Å². The maximum absolute atomic E-state index is 11.3. The molecule has 7 nitrogen and oxygen atoms in total. The van der Waals surface area contributed by atoms with Crippen molar-refractivity contribution in [2.24, 2.45) is 5.92 Å². The summed E-state index contributed by atoms with van der Waals surface area (Å²) in [6.07, 6.45) is 1.37. The minimum absolute atomic E-state index is 0.324. The van der Waals surface area contributed by atoms with Gasteiger partial charge in [0.25, 0.3) is 0 Å². The number of carbonyl (C=O) groups is 2. The highest BCUT2D eigenvalue weighted by Gasteiger charge is 2.17. The molecule has 1 aliphatic heterocycles. The van der Waals surface area contributed by atoms with Crippen molar-refractivity contribution in [1.82, 2.24) is 10.6 Å². The normalized spacial score (nSPS) is 15.8. The lowest BCUT2D eigenvalue weighted by Crippen LogP contribution is -2.33. The molecule has 136 valence electrons. The van der Waals surface area contributed by atoms with Crippen molar-refractivity contribution in [1.29, 1.82) is 0 Å². The maximum Gasteiger partial charge on any atom is 0.407 e. The van der Waals surface area contributed by atoms with Gasteiger partial charge in [0.2, 0.25) is 0 Å². The number of carbonyl (C=O) groups excluding carboxylic acids is 1. The summed E-state index contributed by atoms with van der Waals surface area (Å²) < 4.78 is 10.1. The molecule has 1 fully saturated rings. The number of carboxylic acid groups (broad SMARTS) is 1. The Bertz CT molecular complexity index is 326. The van der Waals surface area contributed by atoms with E-state index >= 15 is 0 Å². The first-order valence-electron chi connectivity index (χ1n) is 8.24. The van der Waals surface area contributed by atoms with Crippen LogP contribution in [0.25, 0.3) is 0 Å². The van der Waals surface area contributed by atoms with Gasteiger partial charge in [-0.25, -0.2) is 4.79 Å². The number of nitrogens with one attached hydrogen (secondary N) is 2. The molecule has 1 saturated heterocycles. The topological polar surface area (TPSA) is 96.9 Å². The SMILES string of the molecule is C1COCCN1.CCC(CCCNC(=O)OC(C)(C)C)C(=O)O. The molecule has 0 aromatic rings. The van der Waals surface area contributed by atoms with Crippen molar-refractivity contribution in [2.45, 2.75) is 52.6 Å². The molecular formula is C16H32N2O5. The minimum atomic E-state index is -0.773. The average Bonchev–Trinajstić information content (AvgIpc) is 2.47. The number of rotatable bonds is 6. The van der Waals surface area contributed by atoms with E-state index in [2.05, 4.69) is 10.6 Å². The Hall–Kier alpha value is -1.34. The van der Waals surface area contributed by atoms with Crippen LogP contribution in [0, 0.1) is 5.92 Å². The smallest absolute Gasteiger partial charge is 0.407 e.